The summed E-state index contributed by atoms with van der Waals surface area (Å²) in [6.07, 6.45) is 0. The monoisotopic (exact) mass is 256 g/mol. The first kappa shape index (κ1) is 8.76. The Bertz CT molecular complexity index is 138. The van der Waals surface area contributed by atoms with Gasteiger partial charge in [-0.3, -0.25) is 0 Å². The first-order valence-corrected chi connectivity index (χ1v) is 11.8. The second kappa shape index (κ2) is 2.08. The van der Waals surface area contributed by atoms with Crippen LogP contribution in [-0.4, -0.2) is 51.8 Å². The molecule has 0 bridgehead atoms. The normalized spacial score (nSPS) is 37.1. The van der Waals surface area contributed by atoms with Crippen LogP contribution in [-0.2, 0) is 0 Å². The molecule has 1 rings (SSSR count). The summed E-state index contributed by atoms with van der Waals surface area (Å²) in [7, 11) is 3.79. The topological polar surface area (TPSA) is 6.48 Å². The zero-order valence-electron chi connectivity index (χ0n) is 7.13. The summed E-state index contributed by atoms with van der Waals surface area (Å²) in [4.78, 5) is 3.61. The molecule has 0 atom stereocenters. The van der Waals surface area contributed by atoms with Crippen molar-refractivity contribution in [2.45, 2.75) is 9.74 Å². The Kier molecular flexibility index (Phi) is 1.83. The maximum atomic E-state index is 14.1. The SMILES string of the molecule is C[N]1CC[N](C)[Sb]1([CH3])([CH3])[F]. The zero-order valence-corrected chi connectivity index (χ0v) is 9.69. The molecule has 1 saturated heterocycles. The van der Waals surface area contributed by atoms with Gasteiger partial charge < -0.3 is 0 Å². The van der Waals surface area contributed by atoms with Crippen molar-refractivity contribution in [3.8, 4) is 0 Å². The Morgan fingerprint density at radius 1 is 1.10 bits per heavy atom. The Balaban J connectivity index is 2.92. The van der Waals surface area contributed by atoms with E-state index in [0.717, 1.165) is 13.1 Å². The first-order valence-electron chi connectivity index (χ1n) is 3.49. The molecule has 1 heterocycles. The van der Waals surface area contributed by atoms with Gasteiger partial charge in [0.2, 0.25) is 0 Å². The number of nitrogens with zero attached hydrogens (tertiary/aromatic N) is 2. The van der Waals surface area contributed by atoms with E-state index in [4.69, 9.17) is 0 Å². The molecule has 1 aliphatic heterocycles. The summed E-state index contributed by atoms with van der Waals surface area (Å²) in [6, 6.07) is 0. The summed E-state index contributed by atoms with van der Waals surface area (Å²) in [5.74, 6) is 0. The van der Waals surface area contributed by atoms with Crippen molar-refractivity contribution in [3.63, 3.8) is 0 Å². The van der Waals surface area contributed by atoms with Gasteiger partial charge in [0.25, 0.3) is 0 Å². The third-order valence-electron chi connectivity index (χ3n) is 2.68. The first-order chi connectivity index (χ1) is 4.33. The van der Waals surface area contributed by atoms with Gasteiger partial charge in [-0.25, -0.2) is 0 Å². The third-order valence-corrected chi connectivity index (χ3v) is 14.8. The zero-order chi connectivity index (χ0) is 8.02. The molecule has 0 amide bonds. The number of likely N-dealkylation sites (N-methyl/N-ethyl adjacent to an activating group) is 2. The molecule has 0 aliphatic carbocycles. The summed E-state index contributed by atoms with van der Waals surface area (Å²) in [5.41, 5.74) is 0. The molecule has 0 aromatic carbocycles. The van der Waals surface area contributed by atoms with Crippen molar-refractivity contribution in [2.24, 2.45) is 0 Å². The second-order valence-electron chi connectivity index (χ2n) is 3.59. The van der Waals surface area contributed by atoms with Crippen LogP contribution in [0.15, 0.2) is 0 Å². The van der Waals surface area contributed by atoms with Gasteiger partial charge in [0.05, 0.1) is 0 Å². The summed E-state index contributed by atoms with van der Waals surface area (Å²) >= 11 is -3.81. The van der Waals surface area contributed by atoms with Crippen LogP contribution >= 0.6 is 0 Å². The third kappa shape index (κ3) is 1.09. The van der Waals surface area contributed by atoms with Gasteiger partial charge in [0.1, 0.15) is 0 Å². The van der Waals surface area contributed by atoms with Gasteiger partial charge in [-0.05, 0) is 0 Å². The Labute approximate surface area is 64.6 Å². The molecule has 62 valence electrons. The average molecular weight is 257 g/mol. The number of rotatable bonds is 0. The molecule has 0 N–H and O–H groups in total. The fraction of sp³-hybridized carbons (Fsp3) is 1.00. The Morgan fingerprint density at radius 3 is 1.50 bits per heavy atom. The van der Waals surface area contributed by atoms with Gasteiger partial charge in [-0.1, -0.05) is 0 Å². The van der Waals surface area contributed by atoms with Crippen LogP contribution in [0.1, 0.15) is 0 Å². The van der Waals surface area contributed by atoms with Gasteiger partial charge >= 0.3 is 64.4 Å². The van der Waals surface area contributed by atoms with Gasteiger partial charge in [0, 0.05) is 0 Å². The summed E-state index contributed by atoms with van der Waals surface area (Å²) in [5, 5.41) is 0. The van der Waals surface area contributed by atoms with E-state index in [9.17, 15) is 2.81 Å². The van der Waals surface area contributed by atoms with Crippen molar-refractivity contribution in [3.05, 3.63) is 0 Å². The van der Waals surface area contributed by atoms with E-state index >= 15 is 0 Å². The minimum absolute atomic E-state index is 0.891. The van der Waals surface area contributed by atoms with Crippen LogP contribution < -0.4 is 0 Å². The molecule has 0 aromatic rings. The van der Waals surface area contributed by atoms with Gasteiger partial charge in [0.15, 0.2) is 0 Å². The fourth-order valence-electron chi connectivity index (χ4n) is 1.12. The van der Waals surface area contributed by atoms with E-state index in [1.54, 1.807) is 9.74 Å². The maximum absolute atomic E-state index is 14.1. The molecule has 0 aromatic heterocycles. The molecule has 0 unspecified atom stereocenters. The molecule has 10 heavy (non-hydrogen) atoms. The quantitative estimate of drug-likeness (QED) is 0.597. The van der Waals surface area contributed by atoms with Crippen molar-refractivity contribution in [2.75, 3.05) is 27.2 Å². The minimum atomic E-state index is -3.81. The molecule has 0 radical (unpaired) electrons. The number of hydrogen-bond acceptors (Lipinski definition) is 2. The van der Waals surface area contributed by atoms with Crippen molar-refractivity contribution in [1.82, 2.24) is 6.12 Å². The molecule has 1 aliphatic rings. The van der Waals surface area contributed by atoms with Crippen LogP contribution in [0.4, 0.5) is 2.81 Å². The van der Waals surface area contributed by atoms with E-state index in [1.165, 1.54) is 0 Å². The number of hydrogen-bond donors (Lipinski definition) is 0. The Hall–Kier alpha value is 0.668. The molecule has 1 fully saturated rings. The molecule has 4 heteroatoms. The van der Waals surface area contributed by atoms with Crippen LogP contribution in [0.2, 0.25) is 9.74 Å². The van der Waals surface area contributed by atoms with E-state index in [2.05, 4.69) is 0 Å². The Morgan fingerprint density at radius 2 is 1.40 bits per heavy atom. The summed E-state index contributed by atoms with van der Waals surface area (Å²) < 4.78 is 18.0. The van der Waals surface area contributed by atoms with Crippen LogP contribution in [0.3, 0.4) is 0 Å². The molecule has 0 spiro atoms. The van der Waals surface area contributed by atoms with E-state index < -0.39 is 18.5 Å². The van der Waals surface area contributed by atoms with Gasteiger partial charge in [-0.2, -0.15) is 0 Å². The van der Waals surface area contributed by atoms with Gasteiger partial charge in [-0.15, -0.1) is 0 Å². The predicted octanol–water partition coefficient (Wildman–Crippen LogP) is 0.986. The van der Waals surface area contributed by atoms with Crippen molar-refractivity contribution in [1.29, 1.82) is 0 Å². The standard InChI is InChI=1S/C4H10N2.2CH3.FH.Sb/c1-5-3-4-6-2;;;;/h3-4H2,1-2H3;2*1H3;1H;/q-2;;;;+3/p-1. The molecule has 0 saturated carbocycles. The van der Waals surface area contributed by atoms with Crippen LogP contribution in [0.5, 0.6) is 0 Å². The van der Waals surface area contributed by atoms with Crippen molar-refractivity contribution < 1.29 is 2.81 Å². The van der Waals surface area contributed by atoms with Crippen LogP contribution in [0.25, 0.3) is 0 Å². The second-order valence-corrected chi connectivity index (χ2v) is 17.9. The summed E-state index contributed by atoms with van der Waals surface area (Å²) in [6.45, 7) is 1.78. The number of halogens is 1. The van der Waals surface area contributed by atoms with E-state index in [-0.39, 0.29) is 0 Å². The van der Waals surface area contributed by atoms with E-state index in [1.807, 2.05) is 20.2 Å². The van der Waals surface area contributed by atoms with Crippen molar-refractivity contribution >= 4 is 18.5 Å². The van der Waals surface area contributed by atoms with E-state index in [0.29, 0.717) is 0 Å². The average Bonchev–Trinajstić information content (AvgIpc) is 1.93. The molecular formula is C6H16FN2Sb. The molecular weight excluding hydrogens is 241 g/mol. The van der Waals surface area contributed by atoms with Crippen LogP contribution in [0, 0.1) is 0 Å². The molecule has 2 nitrogen and oxygen atoms in total. The predicted molar refractivity (Wildman–Crippen MR) is 43.9 cm³/mol. The fourth-order valence-corrected chi connectivity index (χ4v) is 6.34.